The molecule has 1 amide bonds. The highest BCUT2D eigenvalue weighted by atomic mass is 16.5. The van der Waals surface area contributed by atoms with Crippen LogP contribution in [0.1, 0.15) is 34.6 Å². The largest absolute Gasteiger partial charge is 0.489 e. The Bertz CT molecular complexity index is 942. The zero-order valence-corrected chi connectivity index (χ0v) is 13.8. The van der Waals surface area contributed by atoms with Crippen LogP contribution in [-0.2, 0) is 7.05 Å². The third kappa shape index (κ3) is 3.94. The Morgan fingerprint density at radius 3 is 2.56 bits per heavy atom. The summed E-state index contributed by atoms with van der Waals surface area (Å²) in [6.45, 7) is 3.54. The van der Waals surface area contributed by atoms with Crippen LogP contribution in [0.25, 0.3) is 0 Å². The molecule has 132 valence electrons. The maximum Gasteiger partial charge on any atom is 0.335 e. The number of carbonyl (C=O) groups is 2. The van der Waals surface area contributed by atoms with Crippen molar-refractivity contribution in [1.29, 1.82) is 0 Å². The van der Waals surface area contributed by atoms with Gasteiger partial charge in [-0.25, -0.2) is 9.59 Å². The van der Waals surface area contributed by atoms with Crippen LogP contribution in [0.5, 0.6) is 5.75 Å². The predicted molar refractivity (Wildman–Crippen MR) is 89.4 cm³/mol. The number of ether oxygens (including phenoxy) is 1. The normalized spacial score (nSPS) is 10.6. The van der Waals surface area contributed by atoms with E-state index in [0.29, 0.717) is 0 Å². The first-order valence-electron chi connectivity index (χ1n) is 7.34. The van der Waals surface area contributed by atoms with Gasteiger partial charge in [-0.3, -0.25) is 14.2 Å². The molecule has 0 fully saturated rings. The van der Waals surface area contributed by atoms with E-state index in [9.17, 15) is 19.2 Å². The second-order valence-corrected chi connectivity index (χ2v) is 5.51. The Morgan fingerprint density at radius 2 is 1.96 bits per heavy atom. The van der Waals surface area contributed by atoms with Crippen molar-refractivity contribution in [3.8, 4) is 5.75 Å². The Morgan fingerprint density at radius 1 is 1.28 bits per heavy atom. The summed E-state index contributed by atoms with van der Waals surface area (Å²) in [4.78, 5) is 49.1. The maximum atomic E-state index is 12.4. The van der Waals surface area contributed by atoms with Gasteiger partial charge in [0.1, 0.15) is 11.3 Å². The molecular weight excluding hydrogens is 330 g/mol. The number of benzene rings is 1. The molecule has 0 atom stereocenters. The topological polar surface area (TPSA) is 130 Å². The Labute approximate surface area is 141 Å². The van der Waals surface area contributed by atoms with Crippen LogP contribution in [0.3, 0.4) is 0 Å². The van der Waals surface area contributed by atoms with Gasteiger partial charge in [0, 0.05) is 13.2 Å². The number of amides is 1. The van der Waals surface area contributed by atoms with Crippen LogP contribution in [0.4, 0.5) is 5.69 Å². The molecule has 1 aromatic carbocycles. The molecule has 0 unspecified atom stereocenters. The van der Waals surface area contributed by atoms with E-state index in [1.165, 1.54) is 25.2 Å². The molecule has 0 radical (unpaired) electrons. The fourth-order valence-electron chi connectivity index (χ4n) is 2.04. The monoisotopic (exact) mass is 347 g/mol. The van der Waals surface area contributed by atoms with Crippen LogP contribution in [0.15, 0.2) is 34.0 Å². The van der Waals surface area contributed by atoms with Crippen LogP contribution < -0.4 is 21.3 Å². The van der Waals surface area contributed by atoms with Gasteiger partial charge in [0.25, 0.3) is 11.5 Å². The lowest BCUT2D eigenvalue weighted by molar-refractivity contribution is 0.0696. The minimum Gasteiger partial charge on any atom is -0.489 e. The van der Waals surface area contributed by atoms with Crippen molar-refractivity contribution in [3.63, 3.8) is 0 Å². The van der Waals surface area contributed by atoms with Crippen LogP contribution in [-0.4, -0.2) is 32.6 Å². The lowest BCUT2D eigenvalue weighted by atomic mass is 10.1. The summed E-state index contributed by atoms with van der Waals surface area (Å²) in [5.74, 6) is -1.71. The highest BCUT2D eigenvalue weighted by Gasteiger charge is 2.17. The zero-order valence-electron chi connectivity index (χ0n) is 13.8. The average Bonchev–Trinajstić information content (AvgIpc) is 2.53. The number of carboxylic acids is 1. The van der Waals surface area contributed by atoms with Crippen molar-refractivity contribution in [2.24, 2.45) is 7.05 Å². The highest BCUT2D eigenvalue weighted by Crippen LogP contribution is 2.27. The molecular formula is C16H17N3O6. The highest BCUT2D eigenvalue weighted by molar-refractivity contribution is 6.05. The second kappa shape index (κ2) is 7.04. The van der Waals surface area contributed by atoms with E-state index >= 15 is 0 Å². The number of hydrogen-bond donors (Lipinski definition) is 3. The standard InChI is InChI=1S/C16H17N3O6/c1-8(2)25-12-5-4-9(15(22)23)6-11(12)18-13(20)10-7-17-16(24)19(3)14(10)21/h4-8H,1-3H3,(H,17,24)(H,18,20)(H,22,23). The zero-order chi connectivity index (χ0) is 18.7. The van der Waals surface area contributed by atoms with Crippen molar-refractivity contribution < 1.29 is 19.4 Å². The molecule has 0 saturated heterocycles. The molecule has 2 rings (SSSR count). The molecule has 0 aliphatic heterocycles. The molecule has 1 heterocycles. The van der Waals surface area contributed by atoms with E-state index in [1.807, 2.05) is 0 Å². The maximum absolute atomic E-state index is 12.4. The van der Waals surface area contributed by atoms with Gasteiger partial charge in [-0.2, -0.15) is 0 Å². The molecule has 9 heteroatoms. The first kappa shape index (κ1) is 18.0. The van der Waals surface area contributed by atoms with Crippen LogP contribution in [0, 0.1) is 0 Å². The number of rotatable bonds is 5. The average molecular weight is 347 g/mol. The van der Waals surface area contributed by atoms with E-state index in [-0.39, 0.29) is 28.7 Å². The summed E-state index contributed by atoms with van der Waals surface area (Å²) in [6, 6.07) is 3.99. The van der Waals surface area contributed by atoms with E-state index in [4.69, 9.17) is 9.84 Å². The molecule has 0 aliphatic rings. The summed E-state index contributed by atoms with van der Waals surface area (Å²) in [6.07, 6.45) is 0.789. The molecule has 3 N–H and O–H groups in total. The number of aromatic amines is 1. The van der Waals surface area contributed by atoms with Gasteiger partial charge in [-0.15, -0.1) is 0 Å². The molecule has 0 spiro atoms. The van der Waals surface area contributed by atoms with Crippen molar-refractivity contribution in [3.05, 3.63) is 56.4 Å². The number of carboxylic acid groups (broad SMARTS) is 1. The molecule has 1 aromatic heterocycles. The quantitative estimate of drug-likeness (QED) is 0.734. The van der Waals surface area contributed by atoms with E-state index < -0.39 is 23.1 Å². The van der Waals surface area contributed by atoms with Crippen molar-refractivity contribution in [2.75, 3.05) is 5.32 Å². The smallest absolute Gasteiger partial charge is 0.335 e. The number of nitrogens with one attached hydrogen (secondary N) is 2. The summed E-state index contributed by atoms with van der Waals surface area (Å²) in [7, 11) is 1.23. The third-order valence-electron chi connectivity index (χ3n) is 3.26. The Kier molecular flexibility index (Phi) is 5.06. The number of aromatic nitrogens is 2. The van der Waals surface area contributed by atoms with Crippen LogP contribution in [0.2, 0.25) is 0 Å². The summed E-state index contributed by atoms with van der Waals surface area (Å²) < 4.78 is 6.30. The lowest BCUT2D eigenvalue weighted by Crippen LogP contribution is -2.37. The van der Waals surface area contributed by atoms with Crippen molar-refractivity contribution in [1.82, 2.24) is 9.55 Å². The number of carbonyl (C=O) groups excluding carboxylic acids is 1. The third-order valence-corrected chi connectivity index (χ3v) is 3.26. The van der Waals surface area contributed by atoms with E-state index in [0.717, 1.165) is 10.8 Å². The summed E-state index contributed by atoms with van der Waals surface area (Å²) in [5.41, 5.74) is -1.67. The molecule has 25 heavy (non-hydrogen) atoms. The molecule has 2 aromatic rings. The van der Waals surface area contributed by atoms with E-state index in [1.54, 1.807) is 13.8 Å². The molecule has 9 nitrogen and oxygen atoms in total. The Balaban J connectivity index is 2.44. The van der Waals surface area contributed by atoms with Gasteiger partial charge in [0.05, 0.1) is 17.4 Å². The molecule has 0 aliphatic carbocycles. The van der Waals surface area contributed by atoms with Gasteiger partial charge in [0.15, 0.2) is 0 Å². The SMILES string of the molecule is CC(C)Oc1ccc(C(=O)O)cc1NC(=O)c1c[nH]c(=O)n(C)c1=O. The van der Waals surface area contributed by atoms with Gasteiger partial charge >= 0.3 is 11.7 Å². The first-order valence-corrected chi connectivity index (χ1v) is 7.34. The Hall–Kier alpha value is -3.36. The predicted octanol–water partition coefficient (Wildman–Crippen LogP) is 0.811. The minimum absolute atomic E-state index is 0.0548. The van der Waals surface area contributed by atoms with E-state index in [2.05, 4.69) is 10.3 Å². The number of aromatic carboxylic acids is 1. The number of anilines is 1. The lowest BCUT2D eigenvalue weighted by Gasteiger charge is -2.15. The van der Waals surface area contributed by atoms with Crippen molar-refractivity contribution in [2.45, 2.75) is 20.0 Å². The fraction of sp³-hybridized carbons (Fsp3) is 0.250. The van der Waals surface area contributed by atoms with Gasteiger partial charge in [-0.05, 0) is 32.0 Å². The van der Waals surface area contributed by atoms with Crippen molar-refractivity contribution >= 4 is 17.6 Å². The fourth-order valence-corrected chi connectivity index (χ4v) is 2.04. The van der Waals surface area contributed by atoms with Gasteiger partial charge < -0.3 is 20.1 Å². The second-order valence-electron chi connectivity index (χ2n) is 5.51. The van der Waals surface area contributed by atoms with Gasteiger partial charge in [-0.1, -0.05) is 0 Å². The van der Waals surface area contributed by atoms with Gasteiger partial charge in [0.2, 0.25) is 0 Å². The summed E-state index contributed by atoms with van der Waals surface area (Å²) in [5, 5.41) is 11.5. The molecule has 0 bridgehead atoms. The number of H-pyrrole nitrogens is 1. The minimum atomic E-state index is -1.17. The van der Waals surface area contributed by atoms with Crippen LogP contribution >= 0.6 is 0 Å². The molecule has 0 saturated carbocycles. The summed E-state index contributed by atoms with van der Waals surface area (Å²) >= 11 is 0. The number of hydrogen-bond acceptors (Lipinski definition) is 5. The first-order chi connectivity index (χ1) is 11.7. The number of nitrogens with zero attached hydrogens (tertiary/aromatic N) is 1.